The Hall–Kier alpha value is -1.56. The first kappa shape index (κ1) is 15.3. The summed E-state index contributed by atoms with van der Waals surface area (Å²) in [6.45, 7) is 5.68. The second-order valence-electron chi connectivity index (χ2n) is 6.83. The average Bonchev–Trinajstić information content (AvgIpc) is 3.13. The Bertz CT molecular complexity index is 502. The SMILES string of the molecule is CO[C@H]1C[C@@H]2CN(C(=O)NC(C)C)C[C@@H]2C[C@@H]1n1cccn1. The molecule has 122 valence electrons. The third-order valence-electron chi connectivity index (χ3n) is 4.95. The van der Waals surface area contributed by atoms with Crippen molar-refractivity contribution in [3.05, 3.63) is 18.5 Å². The molecule has 2 amide bonds. The number of carbonyl (C=O) groups is 1. The van der Waals surface area contributed by atoms with Gasteiger partial charge in [0, 0.05) is 38.6 Å². The van der Waals surface area contributed by atoms with Gasteiger partial charge in [-0.15, -0.1) is 0 Å². The van der Waals surface area contributed by atoms with Gasteiger partial charge in [0.25, 0.3) is 0 Å². The Morgan fingerprint density at radius 1 is 1.32 bits per heavy atom. The van der Waals surface area contributed by atoms with Crippen molar-refractivity contribution in [3.63, 3.8) is 0 Å². The lowest BCUT2D eigenvalue weighted by atomic mass is 9.77. The van der Waals surface area contributed by atoms with E-state index in [0.29, 0.717) is 11.8 Å². The highest BCUT2D eigenvalue weighted by atomic mass is 16.5. The molecule has 1 aromatic rings. The Balaban J connectivity index is 1.68. The summed E-state index contributed by atoms with van der Waals surface area (Å²) in [6, 6.07) is 2.47. The van der Waals surface area contributed by atoms with Crippen molar-refractivity contribution in [1.82, 2.24) is 20.0 Å². The van der Waals surface area contributed by atoms with Crippen molar-refractivity contribution < 1.29 is 9.53 Å². The molecule has 0 bridgehead atoms. The number of methoxy groups -OCH3 is 1. The van der Waals surface area contributed by atoms with Crippen molar-refractivity contribution in [2.75, 3.05) is 20.2 Å². The smallest absolute Gasteiger partial charge is 0.317 e. The molecular weight excluding hydrogens is 280 g/mol. The maximum absolute atomic E-state index is 12.2. The molecule has 2 heterocycles. The standard InChI is InChI=1S/C16H26N4O2/c1-11(2)18-16(21)19-9-12-7-14(20-6-4-5-17-20)15(22-3)8-13(12)10-19/h4-6,11-15H,7-10H2,1-3H3,(H,18,21)/t12-,13+,14-,15-/m0/s1. The van der Waals surface area contributed by atoms with Gasteiger partial charge in [-0.3, -0.25) is 4.68 Å². The molecule has 6 heteroatoms. The number of urea groups is 1. The number of carbonyl (C=O) groups excluding carboxylic acids is 1. The molecule has 6 nitrogen and oxygen atoms in total. The predicted octanol–water partition coefficient (Wildman–Crippen LogP) is 1.90. The molecule has 22 heavy (non-hydrogen) atoms. The summed E-state index contributed by atoms with van der Waals surface area (Å²) in [5.41, 5.74) is 0. The van der Waals surface area contributed by atoms with Gasteiger partial charge >= 0.3 is 6.03 Å². The number of hydrogen-bond acceptors (Lipinski definition) is 3. The lowest BCUT2D eigenvalue weighted by molar-refractivity contribution is -0.00485. The van der Waals surface area contributed by atoms with Crippen molar-refractivity contribution in [2.24, 2.45) is 11.8 Å². The molecule has 1 N–H and O–H groups in total. The van der Waals surface area contributed by atoms with Crippen LogP contribution in [-0.4, -0.2) is 53.1 Å². The van der Waals surface area contributed by atoms with Crippen LogP contribution in [0.25, 0.3) is 0 Å². The summed E-state index contributed by atoms with van der Waals surface area (Å²) in [7, 11) is 1.78. The number of likely N-dealkylation sites (tertiary alicyclic amines) is 1. The molecule has 0 spiro atoms. The van der Waals surface area contributed by atoms with E-state index in [-0.39, 0.29) is 24.2 Å². The highest BCUT2D eigenvalue weighted by molar-refractivity contribution is 5.74. The van der Waals surface area contributed by atoms with Gasteiger partial charge in [0.15, 0.2) is 0 Å². The molecule has 1 saturated heterocycles. The molecule has 0 unspecified atom stereocenters. The second-order valence-corrected chi connectivity index (χ2v) is 6.83. The minimum atomic E-state index is 0.0639. The number of aromatic nitrogens is 2. The van der Waals surface area contributed by atoms with E-state index in [1.54, 1.807) is 7.11 Å². The highest BCUT2D eigenvalue weighted by Crippen LogP contribution is 2.42. The van der Waals surface area contributed by atoms with E-state index >= 15 is 0 Å². The first-order valence-corrected chi connectivity index (χ1v) is 8.15. The van der Waals surface area contributed by atoms with Crippen molar-refractivity contribution in [2.45, 2.75) is 44.9 Å². The summed E-state index contributed by atoms with van der Waals surface area (Å²) in [5, 5.41) is 7.39. The van der Waals surface area contributed by atoms with Crippen LogP contribution in [0.2, 0.25) is 0 Å². The third kappa shape index (κ3) is 2.97. The van der Waals surface area contributed by atoms with Crippen LogP contribution in [0.1, 0.15) is 32.7 Å². The molecular formula is C16H26N4O2. The Morgan fingerprint density at radius 2 is 2.05 bits per heavy atom. The number of hydrogen-bond donors (Lipinski definition) is 1. The Labute approximate surface area is 131 Å². The minimum absolute atomic E-state index is 0.0639. The molecule has 0 aromatic carbocycles. The number of nitrogens with one attached hydrogen (secondary N) is 1. The summed E-state index contributed by atoms with van der Waals surface area (Å²) >= 11 is 0. The van der Waals surface area contributed by atoms with Crippen molar-refractivity contribution in [1.29, 1.82) is 0 Å². The molecule has 4 atom stereocenters. The first-order valence-electron chi connectivity index (χ1n) is 8.15. The van der Waals surface area contributed by atoms with Crippen molar-refractivity contribution in [3.8, 4) is 0 Å². The summed E-state index contributed by atoms with van der Waals surface area (Å²) < 4.78 is 7.73. The van der Waals surface area contributed by atoms with Crippen LogP contribution in [0.3, 0.4) is 0 Å². The van der Waals surface area contributed by atoms with Gasteiger partial charge in [-0.25, -0.2) is 4.79 Å². The number of nitrogens with zero attached hydrogens (tertiary/aromatic N) is 3. The fourth-order valence-corrected chi connectivity index (χ4v) is 3.90. The number of rotatable bonds is 3. The topological polar surface area (TPSA) is 59.4 Å². The molecule has 1 saturated carbocycles. The number of fused-ring (bicyclic) bond motifs is 1. The molecule has 0 radical (unpaired) electrons. The normalized spacial score (nSPS) is 31.4. The van der Waals surface area contributed by atoms with E-state index in [0.717, 1.165) is 25.9 Å². The fraction of sp³-hybridized carbons (Fsp3) is 0.750. The van der Waals surface area contributed by atoms with Crippen LogP contribution in [-0.2, 0) is 4.74 Å². The molecule has 1 aromatic heterocycles. The molecule has 2 aliphatic rings. The van der Waals surface area contributed by atoms with Gasteiger partial charge in [0.1, 0.15) is 0 Å². The van der Waals surface area contributed by atoms with Crippen LogP contribution in [0.4, 0.5) is 4.79 Å². The van der Waals surface area contributed by atoms with Crippen LogP contribution < -0.4 is 5.32 Å². The molecule has 3 rings (SSSR count). The lowest BCUT2D eigenvalue weighted by Crippen LogP contribution is -2.41. The van der Waals surface area contributed by atoms with E-state index in [4.69, 9.17) is 4.74 Å². The van der Waals surface area contributed by atoms with E-state index in [2.05, 4.69) is 10.4 Å². The van der Waals surface area contributed by atoms with Gasteiger partial charge in [0.2, 0.25) is 0 Å². The molecule has 1 aliphatic carbocycles. The average molecular weight is 306 g/mol. The van der Waals surface area contributed by atoms with E-state index < -0.39 is 0 Å². The summed E-state index contributed by atoms with van der Waals surface area (Å²) in [5.74, 6) is 1.08. The van der Waals surface area contributed by atoms with Gasteiger partial charge in [-0.05, 0) is 44.6 Å². The number of amides is 2. The predicted molar refractivity (Wildman–Crippen MR) is 83.5 cm³/mol. The van der Waals surface area contributed by atoms with Crippen LogP contribution in [0.5, 0.6) is 0 Å². The Morgan fingerprint density at radius 3 is 2.64 bits per heavy atom. The third-order valence-corrected chi connectivity index (χ3v) is 4.95. The summed E-state index contributed by atoms with van der Waals surface area (Å²) in [4.78, 5) is 14.2. The molecule has 1 aliphatic heterocycles. The van der Waals surface area contributed by atoms with E-state index in [1.807, 2.05) is 41.9 Å². The van der Waals surface area contributed by atoms with E-state index in [9.17, 15) is 4.79 Å². The minimum Gasteiger partial charge on any atom is -0.379 e. The van der Waals surface area contributed by atoms with Gasteiger partial charge in [-0.2, -0.15) is 5.10 Å². The zero-order chi connectivity index (χ0) is 15.7. The zero-order valence-corrected chi connectivity index (χ0v) is 13.6. The second kappa shape index (κ2) is 6.28. The zero-order valence-electron chi connectivity index (χ0n) is 13.6. The van der Waals surface area contributed by atoms with Crippen LogP contribution in [0.15, 0.2) is 18.5 Å². The van der Waals surface area contributed by atoms with Crippen LogP contribution in [0, 0.1) is 11.8 Å². The van der Waals surface area contributed by atoms with Crippen LogP contribution >= 0.6 is 0 Å². The maximum atomic E-state index is 12.2. The highest BCUT2D eigenvalue weighted by Gasteiger charge is 2.44. The quantitative estimate of drug-likeness (QED) is 0.928. The maximum Gasteiger partial charge on any atom is 0.317 e. The largest absolute Gasteiger partial charge is 0.379 e. The monoisotopic (exact) mass is 306 g/mol. The first-order chi connectivity index (χ1) is 10.6. The van der Waals surface area contributed by atoms with E-state index in [1.165, 1.54) is 0 Å². The van der Waals surface area contributed by atoms with Gasteiger partial charge < -0.3 is 15.0 Å². The Kier molecular flexibility index (Phi) is 4.38. The lowest BCUT2D eigenvalue weighted by Gasteiger charge is -2.37. The van der Waals surface area contributed by atoms with Gasteiger partial charge in [0.05, 0.1) is 12.1 Å². The molecule has 2 fully saturated rings. The van der Waals surface area contributed by atoms with Gasteiger partial charge in [-0.1, -0.05) is 0 Å². The number of ether oxygens (including phenoxy) is 1. The fourth-order valence-electron chi connectivity index (χ4n) is 3.90. The van der Waals surface area contributed by atoms with Crippen molar-refractivity contribution >= 4 is 6.03 Å². The summed E-state index contributed by atoms with van der Waals surface area (Å²) in [6.07, 6.45) is 6.02.